The van der Waals surface area contributed by atoms with E-state index >= 15 is 0 Å². The van der Waals surface area contributed by atoms with Crippen molar-refractivity contribution in [2.45, 2.75) is 18.0 Å². The molecule has 27 heavy (non-hydrogen) atoms. The highest BCUT2D eigenvalue weighted by atomic mass is 35.5. The summed E-state index contributed by atoms with van der Waals surface area (Å²) in [4.78, 5) is 31.7. The van der Waals surface area contributed by atoms with Gasteiger partial charge in [0.05, 0.1) is 4.92 Å². The molecule has 0 spiro atoms. The van der Waals surface area contributed by atoms with E-state index in [0.717, 1.165) is 5.56 Å². The van der Waals surface area contributed by atoms with Crippen LogP contribution in [0.1, 0.15) is 12.0 Å². The molecule has 144 valence electrons. The molecule has 0 saturated heterocycles. The lowest BCUT2D eigenvalue weighted by Gasteiger charge is -2.11. The lowest BCUT2D eigenvalue weighted by Crippen LogP contribution is -2.21. The van der Waals surface area contributed by atoms with Gasteiger partial charge in [0.2, 0.25) is 11.1 Å². The lowest BCUT2D eigenvalue weighted by atomic mass is 10.1. The Hall–Kier alpha value is -2.10. The molecule has 0 N–H and O–H groups in total. The molecule has 0 fully saturated rings. The van der Waals surface area contributed by atoms with E-state index < -0.39 is 10.6 Å². The number of benzene rings is 1. The minimum absolute atomic E-state index is 0.0275. The molecular formula is C16H16Cl2N4O4S. The number of halogens is 2. The summed E-state index contributed by atoms with van der Waals surface area (Å²) < 4.78 is 5.60. The molecule has 0 unspecified atom stereocenters. The van der Waals surface area contributed by atoms with Crippen LogP contribution in [0.25, 0.3) is 0 Å². The number of carbonyl (C=O) groups is 1. The number of ether oxygens (including phenoxy) is 1. The summed E-state index contributed by atoms with van der Waals surface area (Å²) >= 11 is 13.2. The highest BCUT2D eigenvalue weighted by Crippen LogP contribution is 2.36. The second-order valence-electron chi connectivity index (χ2n) is 5.60. The van der Waals surface area contributed by atoms with Crippen molar-refractivity contribution in [3.63, 3.8) is 0 Å². The van der Waals surface area contributed by atoms with E-state index in [0.29, 0.717) is 17.9 Å². The number of nitrogens with zero attached hydrogens (tertiary/aromatic N) is 4. The maximum absolute atomic E-state index is 11.8. The van der Waals surface area contributed by atoms with Gasteiger partial charge in [0.15, 0.2) is 5.16 Å². The van der Waals surface area contributed by atoms with Gasteiger partial charge in [-0.1, -0.05) is 35.0 Å². The van der Waals surface area contributed by atoms with Crippen LogP contribution in [-0.4, -0.2) is 46.0 Å². The van der Waals surface area contributed by atoms with Gasteiger partial charge in [-0.15, -0.1) is 0 Å². The number of aryl methyl sites for hydroxylation is 1. The van der Waals surface area contributed by atoms with Gasteiger partial charge in [-0.25, -0.2) is 4.98 Å². The number of amides is 1. The maximum Gasteiger partial charge on any atom is 0.368 e. The quantitative estimate of drug-likeness (QED) is 0.213. The molecule has 8 nitrogen and oxygen atoms in total. The van der Waals surface area contributed by atoms with Crippen LogP contribution >= 0.6 is 35.0 Å². The van der Waals surface area contributed by atoms with Crippen LogP contribution in [0.15, 0.2) is 23.4 Å². The van der Waals surface area contributed by atoms with Gasteiger partial charge in [-0.05, 0) is 36.4 Å². The summed E-state index contributed by atoms with van der Waals surface area (Å²) in [6.07, 6.45) is 2.44. The zero-order valence-electron chi connectivity index (χ0n) is 14.7. The Morgan fingerprint density at radius 1 is 1.30 bits per heavy atom. The number of hydrogen-bond donors (Lipinski definition) is 0. The first-order chi connectivity index (χ1) is 12.7. The SMILES string of the molecule is CSc1nc(Cl)c([N+](=O)[O-])c(Oc2cc(Cl)cc(CCC(=O)N(C)C)c2)n1. The predicted molar refractivity (Wildman–Crippen MR) is 104 cm³/mol. The highest BCUT2D eigenvalue weighted by molar-refractivity contribution is 7.98. The first-order valence-electron chi connectivity index (χ1n) is 7.64. The molecule has 0 saturated carbocycles. The fourth-order valence-electron chi connectivity index (χ4n) is 2.12. The van der Waals surface area contributed by atoms with Crippen molar-refractivity contribution >= 4 is 46.6 Å². The van der Waals surface area contributed by atoms with E-state index in [-0.39, 0.29) is 27.8 Å². The summed E-state index contributed by atoms with van der Waals surface area (Å²) in [5.41, 5.74) is 0.222. The summed E-state index contributed by atoms with van der Waals surface area (Å²) in [5.74, 6) is -0.0538. The fourth-order valence-corrected chi connectivity index (χ4v) is 3.00. The molecule has 11 heteroatoms. The number of hydrogen-bond acceptors (Lipinski definition) is 7. The Balaban J connectivity index is 2.33. The summed E-state index contributed by atoms with van der Waals surface area (Å²) in [5, 5.41) is 11.6. The predicted octanol–water partition coefficient (Wildman–Crippen LogP) is 4.23. The van der Waals surface area contributed by atoms with Crippen LogP contribution in [0, 0.1) is 10.1 Å². The van der Waals surface area contributed by atoms with Crippen molar-refractivity contribution in [2.24, 2.45) is 0 Å². The minimum atomic E-state index is -0.705. The van der Waals surface area contributed by atoms with Crippen LogP contribution < -0.4 is 4.74 Å². The van der Waals surface area contributed by atoms with Crippen molar-refractivity contribution in [3.8, 4) is 11.6 Å². The van der Waals surface area contributed by atoms with Gasteiger partial charge < -0.3 is 9.64 Å². The zero-order chi connectivity index (χ0) is 20.1. The number of thioether (sulfide) groups is 1. The fraction of sp³-hybridized carbons (Fsp3) is 0.312. The Kier molecular flexibility index (Phi) is 7.23. The van der Waals surface area contributed by atoms with E-state index in [1.807, 2.05) is 0 Å². The Labute approximate surface area is 170 Å². The molecular weight excluding hydrogens is 415 g/mol. The largest absolute Gasteiger partial charge is 0.433 e. The van der Waals surface area contributed by atoms with E-state index in [1.54, 1.807) is 32.5 Å². The van der Waals surface area contributed by atoms with Gasteiger partial charge >= 0.3 is 11.6 Å². The van der Waals surface area contributed by atoms with Gasteiger partial charge in [0, 0.05) is 25.5 Å². The van der Waals surface area contributed by atoms with E-state index in [9.17, 15) is 14.9 Å². The third kappa shape index (κ3) is 5.69. The molecule has 0 aliphatic rings. The van der Waals surface area contributed by atoms with E-state index in [4.69, 9.17) is 27.9 Å². The molecule has 0 atom stereocenters. The Bertz CT molecular complexity index is 880. The normalized spacial score (nSPS) is 10.6. The summed E-state index contributed by atoms with van der Waals surface area (Å²) in [6.45, 7) is 0. The Morgan fingerprint density at radius 2 is 2.00 bits per heavy atom. The average molecular weight is 431 g/mol. The second-order valence-corrected chi connectivity index (χ2v) is 7.17. The number of nitro groups is 1. The monoisotopic (exact) mass is 430 g/mol. The Morgan fingerprint density at radius 3 is 2.59 bits per heavy atom. The van der Waals surface area contributed by atoms with Gasteiger partial charge in [0.25, 0.3) is 0 Å². The van der Waals surface area contributed by atoms with Crippen molar-refractivity contribution in [2.75, 3.05) is 20.4 Å². The molecule has 1 aromatic carbocycles. The number of aromatic nitrogens is 2. The second kappa shape index (κ2) is 9.20. The average Bonchev–Trinajstić information content (AvgIpc) is 2.58. The van der Waals surface area contributed by atoms with Crippen molar-refractivity contribution in [1.29, 1.82) is 0 Å². The summed E-state index contributed by atoms with van der Waals surface area (Å²) in [7, 11) is 3.35. The molecule has 0 aliphatic heterocycles. The van der Waals surface area contributed by atoms with Crippen LogP contribution in [0.4, 0.5) is 5.69 Å². The first kappa shape index (κ1) is 21.2. The van der Waals surface area contributed by atoms with Gasteiger partial charge in [-0.2, -0.15) is 4.98 Å². The van der Waals surface area contributed by atoms with E-state index in [2.05, 4.69) is 9.97 Å². The zero-order valence-corrected chi connectivity index (χ0v) is 17.1. The van der Waals surface area contributed by atoms with Gasteiger partial charge in [0.1, 0.15) is 5.75 Å². The molecule has 0 radical (unpaired) electrons. The van der Waals surface area contributed by atoms with Crippen LogP contribution in [0.3, 0.4) is 0 Å². The maximum atomic E-state index is 11.8. The van der Waals surface area contributed by atoms with Crippen LogP contribution in [-0.2, 0) is 11.2 Å². The van der Waals surface area contributed by atoms with Crippen molar-refractivity contribution in [1.82, 2.24) is 14.9 Å². The van der Waals surface area contributed by atoms with Crippen LogP contribution in [0.5, 0.6) is 11.6 Å². The molecule has 2 rings (SSSR count). The number of carbonyl (C=O) groups excluding carboxylic acids is 1. The van der Waals surface area contributed by atoms with Gasteiger partial charge in [-0.3, -0.25) is 14.9 Å². The molecule has 1 aromatic heterocycles. The third-order valence-corrected chi connectivity index (χ3v) is 4.46. The smallest absolute Gasteiger partial charge is 0.368 e. The molecule has 0 aliphatic carbocycles. The minimum Gasteiger partial charge on any atom is -0.433 e. The standard InChI is InChI=1S/C16H16Cl2N4O4S/c1-21(2)12(23)5-4-9-6-10(17)8-11(7-9)26-15-13(22(24)25)14(18)19-16(20-15)27-3/h6-8H,4-5H2,1-3H3. The first-order valence-corrected chi connectivity index (χ1v) is 9.62. The highest BCUT2D eigenvalue weighted by Gasteiger charge is 2.26. The third-order valence-electron chi connectivity index (χ3n) is 3.43. The lowest BCUT2D eigenvalue weighted by molar-refractivity contribution is -0.386. The van der Waals surface area contributed by atoms with Crippen molar-refractivity contribution in [3.05, 3.63) is 44.1 Å². The molecule has 2 aromatic rings. The number of rotatable bonds is 7. The molecule has 1 amide bonds. The molecule has 0 bridgehead atoms. The van der Waals surface area contributed by atoms with Crippen LogP contribution in [0.2, 0.25) is 10.2 Å². The topological polar surface area (TPSA) is 98.5 Å². The summed E-state index contributed by atoms with van der Waals surface area (Å²) in [6, 6.07) is 4.84. The molecule has 1 heterocycles. The van der Waals surface area contributed by atoms with Crippen molar-refractivity contribution < 1.29 is 14.5 Å². The van der Waals surface area contributed by atoms with E-state index in [1.165, 1.54) is 22.7 Å².